The Morgan fingerprint density at radius 3 is 2.75 bits per heavy atom. The van der Waals surface area contributed by atoms with E-state index in [-0.39, 0.29) is 6.10 Å². The highest BCUT2D eigenvalue weighted by Crippen LogP contribution is 2.49. The lowest BCUT2D eigenvalue weighted by Gasteiger charge is -2.36. The molecule has 3 nitrogen and oxygen atoms in total. The molecule has 1 aliphatic heterocycles. The molecule has 1 aliphatic carbocycles. The number of aliphatic hydroxyl groups excluding tert-OH is 1. The molecule has 1 heterocycles. The molecule has 3 N–H and O–H groups in total. The van der Waals surface area contributed by atoms with Gasteiger partial charge in [-0.15, -0.1) is 0 Å². The van der Waals surface area contributed by atoms with E-state index in [1.54, 1.807) is 0 Å². The maximum atomic E-state index is 9.69. The first-order chi connectivity index (χ1) is 7.51. The second kappa shape index (κ2) is 4.59. The van der Waals surface area contributed by atoms with Crippen LogP contribution in [0.2, 0.25) is 0 Å². The van der Waals surface area contributed by atoms with E-state index in [9.17, 15) is 5.11 Å². The van der Waals surface area contributed by atoms with E-state index in [2.05, 4.69) is 11.8 Å². The molecule has 0 aromatic carbocycles. The molecule has 16 heavy (non-hydrogen) atoms. The first-order valence-electron chi connectivity index (χ1n) is 6.19. The van der Waals surface area contributed by atoms with E-state index in [4.69, 9.17) is 18.0 Å². The topological polar surface area (TPSA) is 49.5 Å². The standard InChI is InChI=1S/C12H22N2OS/c1-9-7-14(5-2-10(9)15)8-12(3-4-12)6-11(13)16/h9-10,15H,2-8H2,1H3,(H2,13,16). The summed E-state index contributed by atoms with van der Waals surface area (Å²) in [4.78, 5) is 3.13. The van der Waals surface area contributed by atoms with Gasteiger partial charge in [0.25, 0.3) is 0 Å². The molecule has 2 unspecified atom stereocenters. The summed E-state index contributed by atoms with van der Waals surface area (Å²) in [7, 11) is 0. The van der Waals surface area contributed by atoms with Crippen LogP contribution in [0.25, 0.3) is 0 Å². The van der Waals surface area contributed by atoms with Crippen molar-refractivity contribution in [2.45, 2.75) is 38.7 Å². The Hall–Kier alpha value is -0.190. The van der Waals surface area contributed by atoms with Crippen LogP contribution in [-0.4, -0.2) is 40.7 Å². The SMILES string of the molecule is CC1CN(CC2(CC(N)=S)CC2)CCC1O. The van der Waals surface area contributed by atoms with Gasteiger partial charge in [0.1, 0.15) is 0 Å². The fourth-order valence-corrected chi connectivity index (χ4v) is 3.08. The number of nitrogens with two attached hydrogens (primary N) is 1. The highest BCUT2D eigenvalue weighted by Gasteiger charge is 2.44. The van der Waals surface area contributed by atoms with Gasteiger partial charge < -0.3 is 15.7 Å². The molecule has 1 saturated carbocycles. The number of nitrogens with zero attached hydrogens (tertiary/aromatic N) is 1. The summed E-state index contributed by atoms with van der Waals surface area (Å²) in [6.45, 7) is 5.27. The van der Waals surface area contributed by atoms with E-state index in [0.29, 0.717) is 16.3 Å². The lowest BCUT2D eigenvalue weighted by Crippen LogP contribution is -2.44. The average Bonchev–Trinajstić information content (AvgIpc) is 2.90. The quantitative estimate of drug-likeness (QED) is 0.726. The van der Waals surface area contributed by atoms with Gasteiger partial charge in [-0.25, -0.2) is 0 Å². The number of thiocarbonyl (C=S) groups is 1. The molecule has 92 valence electrons. The monoisotopic (exact) mass is 242 g/mol. The Morgan fingerprint density at radius 2 is 2.25 bits per heavy atom. The highest BCUT2D eigenvalue weighted by atomic mass is 32.1. The summed E-state index contributed by atoms with van der Waals surface area (Å²) >= 11 is 5.01. The van der Waals surface area contributed by atoms with Crippen molar-refractivity contribution in [2.75, 3.05) is 19.6 Å². The van der Waals surface area contributed by atoms with Crippen LogP contribution in [-0.2, 0) is 0 Å². The predicted octanol–water partition coefficient (Wildman–Crippen LogP) is 1.15. The Balaban J connectivity index is 1.84. The highest BCUT2D eigenvalue weighted by molar-refractivity contribution is 7.80. The van der Waals surface area contributed by atoms with E-state index in [1.807, 2.05) is 0 Å². The van der Waals surface area contributed by atoms with Gasteiger partial charge in [-0.1, -0.05) is 19.1 Å². The zero-order chi connectivity index (χ0) is 11.8. The lowest BCUT2D eigenvalue weighted by atomic mass is 9.94. The van der Waals surface area contributed by atoms with Crippen LogP contribution in [0, 0.1) is 11.3 Å². The molecule has 0 amide bonds. The Bertz CT molecular complexity index is 278. The molecule has 2 fully saturated rings. The Morgan fingerprint density at radius 1 is 1.56 bits per heavy atom. The number of hydrogen-bond acceptors (Lipinski definition) is 3. The fraction of sp³-hybridized carbons (Fsp3) is 0.917. The van der Waals surface area contributed by atoms with Gasteiger partial charge in [-0.2, -0.15) is 0 Å². The fourth-order valence-electron chi connectivity index (χ4n) is 2.77. The second-order valence-corrected chi connectivity index (χ2v) is 6.24. The molecule has 2 aliphatic rings. The first-order valence-corrected chi connectivity index (χ1v) is 6.60. The molecule has 0 aromatic heterocycles. The van der Waals surface area contributed by atoms with Crippen molar-refractivity contribution >= 4 is 17.2 Å². The van der Waals surface area contributed by atoms with Gasteiger partial charge in [-0.3, -0.25) is 0 Å². The van der Waals surface area contributed by atoms with Gasteiger partial charge >= 0.3 is 0 Å². The Kier molecular flexibility index (Phi) is 3.52. The van der Waals surface area contributed by atoms with Crippen molar-refractivity contribution in [2.24, 2.45) is 17.1 Å². The van der Waals surface area contributed by atoms with Crippen molar-refractivity contribution in [1.29, 1.82) is 0 Å². The summed E-state index contributed by atoms with van der Waals surface area (Å²) in [6, 6.07) is 0. The summed E-state index contributed by atoms with van der Waals surface area (Å²) in [5, 5.41) is 9.69. The van der Waals surface area contributed by atoms with Gasteiger partial charge in [0, 0.05) is 26.1 Å². The molecule has 0 bridgehead atoms. The summed E-state index contributed by atoms with van der Waals surface area (Å²) in [5.41, 5.74) is 6.03. The minimum Gasteiger partial charge on any atom is -0.393 e. The lowest BCUT2D eigenvalue weighted by molar-refractivity contribution is 0.0276. The third-order valence-electron chi connectivity index (χ3n) is 4.01. The molecule has 0 spiro atoms. The molecule has 2 rings (SSSR count). The van der Waals surface area contributed by atoms with Crippen LogP contribution in [0.1, 0.15) is 32.6 Å². The minimum absolute atomic E-state index is 0.109. The third-order valence-corrected chi connectivity index (χ3v) is 4.15. The molecule has 0 aromatic rings. The van der Waals surface area contributed by atoms with Gasteiger partial charge in [0.2, 0.25) is 0 Å². The van der Waals surface area contributed by atoms with E-state index in [1.165, 1.54) is 12.8 Å². The number of aliphatic hydroxyl groups is 1. The van der Waals surface area contributed by atoms with Gasteiger partial charge in [-0.05, 0) is 30.6 Å². The Labute approximate surface area is 103 Å². The maximum Gasteiger partial charge on any atom is 0.0733 e. The van der Waals surface area contributed by atoms with Gasteiger partial charge in [0.15, 0.2) is 0 Å². The van der Waals surface area contributed by atoms with Crippen molar-refractivity contribution < 1.29 is 5.11 Å². The predicted molar refractivity (Wildman–Crippen MR) is 69.3 cm³/mol. The number of hydrogen-bond donors (Lipinski definition) is 2. The minimum atomic E-state index is -0.109. The molecule has 0 radical (unpaired) electrons. The second-order valence-electron chi connectivity index (χ2n) is 5.71. The van der Waals surface area contributed by atoms with Crippen LogP contribution in [0.15, 0.2) is 0 Å². The van der Waals surface area contributed by atoms with Crippen molar-refractivity contribution in [3.63, 3.8) is 0 Å². The van der Waals surface area contributed by atoms with Crippen molar-refractivity contribution in [3.05, 3.63) is 0 Å². The number of likely N-dealkylation sites (tertiary alicyclic amines) is 1. The largest absolute Gasteiger partial charge is 0.393 e. The van der Waals surface area contributed by atoms with E-state index in [0.717, 1.165) is 32.5 Å². The first kappa shape index (κ1) is 12.3. The van der Waals surface area contributed by atoms with Crippen molar-refractivity contribution in [1.82, 2.24) is 4.90 Å². The summed E-state index contributed by atoms with van der Waals surface area (Å²) in [6.07, 6.45) is 4.22. The smallest absolute Gasteiger partial charge is 0.0733 e. The normalized spacial score (nSPS) is 33.6. The average molecular weight is 242 g/mol. The van der Waals surface area contributed by atoms with Crippen LogP contribution >= 0.6 is 12.2 Å². The number of piperidine rings is 1. The molecule has 4 heteroatoms. The summed E-state index contributed by atoms with van der Waals surface area (Å²) < 4.78 is 0. The third kappa shape index (κ3) is 2.93. The van der Waals surface area contributed by atoms with Gasteiger partial charge in [0.05, 0.1) is 11.1 Å². The summed E-state index contributed by atoms with van der Waals surface area (Å²) in [5.74, 6) is 0.398. The maximum absolute atomic E-state index is 9.69. The van der Waals surface area contributed by atoms with Crippen LogP contribution in [0.4, 0.5) is 0 Å². The molecular formula is C12H22N2OS. The van der Waals surface area contributed by atoms with Crippen LogP contribution in [0.3, 0.4) is 0 Å². The van der Waals surface area contributed by atoms with E-state index < -0.39 is 0 Å². The molecule has 1 saturated heterocycles. The van der Waals surface area contributed by atoms with Crippen molar-refractivity contribution in [3.8, 4) is 0 Å². The number of rotatable bonds is 4. The molecular weight excluding hydrogens is 220 g/mol. The van der Waals surface area contributed by atoms with Crippen LogP contribution < -0.4 is 5.73 Å². The molecule has 2 atom stereocenters. The van der Waals surface area contributed by atoms with E-state index >= 15 is 0 Å². The van der Waals surface area contributed by atoms with Crippen LogP contribution in [0.5, 0.6) is 0 Å². The zero-order valence-electron chi connectivity index (χ0n) is 9.98. The zero-order valence-corrected chi connectivity index (χ0v) is 10.8.